The van der Waals surface area contributed by atoms with Gasteiger partial charge in [-0.2, -0.15) is 0 Å². The molecule has 2 rings (SSSR count). The predicted molar refractivity (Wildman–Crippen MR) is 89.0 cm³/mol. The zero-order chi connectivity index (χ0) is 16.2. The molecule has 0 radical (unpaired) electrons. The Morgan fingerprint density at radius 1 is 1.27 bits per heavy atom. The number of anilines is 1. The van der Waals surface area contributed by atoms with Crippen molar-refractivity contribution in [1.82, 2.24) is 4.72 Å². The second kappa shape index (κ2) is 7.23. The Bertz CT molecular complexity index is 728. The first kappa shape index (κ1) is 17.0. The summed E-state index contributed by atoms with van der Waals surface area (Å²) in [6.07, 6.45) is 0. The van der Waals surface area contributed by atoms with Gasteiger partial charge in [0.05, 0.1) is 0 Å². The van der Waals surface area contributed by atoms with Crippen LogP contribution in [0.25, 0.3) is 0 Å². The van der Waals surface area contributed by atoms with E-state index in [4.69, 9.17) is 11.6 Å². The third kappa shape index (κ3) is 4.30. The Morgan fingerprint density at radius 2 is 1.95 bits per heavy atom. The van der Waals surface area contributed by atoms with Crippen molar-refractivity contribution in [1.29, 1.82) is 0 Å². The quantitative estimate of drug-likeness (QED) is 0.863. The number of rotatable bonds is 6. The summed E-state index contributed by atoms with van der Waals surface area (Å²) in [4.78, 5) is 13.2. The van der Waals surface area contributed by atoms with Gasteiger partial charge in [-0.25, -0.2) is 13.1 Å². The minimum Gasteiger partial charge on any atom is -0.311 e. The van der Waals surface area contributed by atoms with Gasteiger partial charge < -0.3 is 4.90 Å². The Kier molecular flexibility index (Phi) is 5.57. The number of carbonyl (C=O) groups excluding carboxylic acids is 1. The number of benzene rings is 1. The highest BCUT2D eigenvalue weighted by Gasteiger charge is 2.16. The lowest BCUT2D eigenvalue weighted by Gasteiger charge is -2.21. The molecule has 1 aromatic carbocycles. The molecule has 2 aromatic rings. The van der Waals surface area contributed by atoms with Crippen LogP contribution in [0.4, 0.5) is 5.69 Å². The molecule has 0 aliphatic carbocycles. The molecule has 1 N–H and O–H groups in total. The highest BCUT2D eigenvalue weighted by molar-refractivity contribution is 7.91. The average molecular weight is 359 g/mol. The van der Waals surface area contributed by atoms with E-state index < -0.39 is 10.0 Å². The second-order valence-corrected chi connectivity index (χ2v) is 7.85. The Balaban J connectivity index is 2.01. The Labute approximate surface area is 138 Å². The van der Waals surface area contributed by atoms with Gasteiger partial charge in [0, 0.05) is 30.7 Å². The summed E-state index contributed by atoms with van der Waals surface area (Å²) < 4.78 is 26.8. The fourth-order valence-corrected chi connectivity index (χ4v) is 4.05. The van der Waals surface area contributed by atoms with Crippen molar-refractivity contribution < 1.29 is 13.2 Å². The van der Waals surface area contributed by atoms with Crippen LogP contribution in [0.2, 0.25) is 5.02 Å². The molecule has 118 valence electrons. The molecular formula is C14H15ClN2O3S2. The summed E-state index contributed by atoms with van der Waals surface area (Å²) in [5.41, 5.74) is 0.673. The number of sulfonamides is 1. The first-order valence-corrected chi connectivity index (χ1v) is 9.21. The fourth-order valence-electron chi connectivity index (χ4n) is 1.87. The lowest BCUT2D eigenvalue weighted by Crippen LogP contribution is -2.37. The van der Waals surface area contributed by atoms with E-state index in [-0.39, 0.29) is 23.2 Å². The molecule has 0 saturated carbocycles. The molecule has 0 unspecified atom stereocenters. The summed E-state index contributed by atoms with van der Waals surface area (Å²) in [5, 5.41) is 2.27. The van der Waals surface area contributed by atoms with Crippen LogP contribution in [-0.4, -0.2) is 27.4 Å². The third-order valence-electron chi connectivity index (χ3n) is 2.91. The summed E-state index contributed by atoms with van der Waals surface area (Å²) in [6.45, 7) is 1.80. The summed E-state index contributed by atoms with van der Waals surface area (Å²) in [5.74, 6) is -0.169. The number of carbonyl (C=O) groups is 1. The number of amides is 1. The van der Waals surface area contributed by atoms with Gasteiger partial charge in [0.25, 0.3) is 0 Å². The number of nitrogens with one attached hydrogen (secondary N) is 1. The van der Waals surface area contributed by atoms with Crippen LogP contribution in [0.15, 0.2) is 46.0 Å². The highest BCUT2D eigenvalue weighted by Crippen LogP contribution is 2.18. The van der Waals surface area contributed by atoms with Crippen LogP contribution in [0.1, 0.15) is 6.92 Å². The predicted octanol–water partition coefficient (Wildman–Crippen LogP) is 2.73. The van der Waals surface area contributed by atoms with Gasteiger partial charge in [0.15, 0.2) is 0 Å². The fraction of sp³-hybridized carbons (Fsp3) is 0.214. The van der Waals surface area contributed by atoms with E-state index in [1.54, 1.807) is 35.7 Å². The van der Waals surface area contributed by atoms with Crippen LogP contribution in [-0.2, 0) is 14.8 Å². The van der Waals surface area contributed by atoms with Crippen molar-refractivity contribution in [2.45, 2.75) is 11.1 Å². The van der Waals surface area contributed by atoms with E-state index in [0.29, 0.717) is 10.7 Å². The van der Waals surface area contributed by atoms with Gasteiger partial charge >= 0.3 is 0 Å². The summed E-state index contributed by atoms with van der Waals surface area (Å²) >= 11 is 6.97. The maximum atomic E-state index is 12.0. The van der Waals surface area contributed by atoms with Crippen molar-refractivity contribution in [3.63, 3.8) is 0 Å². The molecule has 0 fully saturated rings. The molecule has 0 aliphatic heterocycles. The molecule has 0 atom stereocenters. The topological polar surface area (TPSA) is 66.5 Å². The highest BCUT2D eigenvalue weighted by atomic mass is 35.5. The minimum absolute atomic E-state index is 0.127. The Hall–Kier alpha value is -1.41. The largest absolute Gasteiger partial charge is 0.311 e. The van der Waals surface area contributed by atoms with Crippen molar-refractivity contribution in [3.8, 4) is 0 Å². The van der Waals surface area contributed by atoms with E-state index in [1.807, 2.05) is 0 Å². The maximum Gasteiger partial charge on any atom is 0.250 e. The average Bonchev–Trinajstić information content (AvgIpc) is 2.99. The van der Waals surface area contributed by atoms with Crippen molar-refractivity contribution >= 4 is 44.6 Å². The van der Waals surface area contributed by atoms with Crippen LogP contribution >= 0.6 is 22.9 Å². The molecule has 5 nitrogen and oxygen atoms in total. The molecule has 0 saturated heterocycles. The molecule has 22 heavy (non-hydrogen) atoms. The first-order valence-electron chi connectivity index (χ1n) is 6.47. The number of thiophene rings is 1. The van der Waals surface area contributed by atoms with E-state index in [2.05, 4.69) is 4.72 Å². The molecule has 1 heterocycles. The van der Waals surface area contributed by atoms with Crippen molar-refractivity contribution in [2.24, 2.45) is 0 Å². The van der Waals surface area contributed by atoms with Gasteiger partial charge in [-0.1, -0.05) is 17.7 Å². The van der Waals surface area contributed by atoms with Gasteiger partial charge in [-0.05, 0) is 35.7 Å². The smallest absolute Gasteiger partial charge is 0.250 e. The summed E-state index contributed by atoms with van der Waals surface area (Å²) in [6, 6.07) is 10.0. The molecule has 1 amide bonds. The van der Waals surface area contributed by atoms with E-state index in [0.717, 1.165) is 11.3 Å². The monoisotopic (exact) mass is 358 g/mol. The standard InChI is InChI=1S/C14H15ClN2O3S2/c1-11(18)17(13-6-4-12(15)5-7-13)9-8-16-22(19,20)14-3-2-10-21-14/h2-7,10,16H,8-9H2,1H3. The van der Waals surface area contributed by atoms with E-state index in [1.165, 1.54) is 17.9 Å². The first-order chi connectivity index (χ1) is 10.4. The number of halogens is 1. The van der Waals surface area contributed by atoms with Crippen LogP contribution in [0.5, 0.6) is 0 Å². The zero-order valence-corrected chi connectivity index (χ0v) is 14.2. The number of hydrogen-bond acceptors (Lipinski definition) is 4. The summed E-state index contributed by atoms with van der Waals surface area (Å²) in [7, 11) is -3.52. The van der Waals surface area contributed by atoms with Crippen LogP contribution < -0.4 is 9.62 Å². The van der Waals surface area contributed by atoms with Gasteiger partial charge in [0.2, 0.25) is 15.9 Å². The second-order valence-electron chi connectivity index (χ2n) is 4.48. The third-order valence-corrected chi connectivity index (χ3v) is 6.02. The van der Waals surface area contributed by atoms with Crippen molar-refractivity contribution in [3.05, 3.63) is 46.8 Å². The van der Waals surface area contributed by atoms with Crippen LogP contribution in [0, 0.1) is 0 Å². The maximum absolute atomic E-state index is 12.0. The normalized spacial score (nSPS) is 11.4. The molecule has 0 aliphatic rings. The molecular weight excluding hydrogens is 344 g/mol. The minimum atomic E-state index is -3.52. The molecule has 0 bridgehead atoms. The van der Waals surface area contributed by atoms with E-state index >= 15 is 0 Å². The van der Waals surface area contributed by atoms with Crippen LogP contribution in [0.3, 0.4) is 0 Å². The van der Waals surface area contributed by atoms with Gasteiger partial charge in [-0.15, -0.1) is 11.3 Å². The Morgan fingerprint density at radius 3 is 2.50 bits per heavy atom. The number of hydrogen-bond donors (Lipinski definition) is 1. The molecule has 8 heteroatoms. The zero-order valence-electron chi connectivity index (χ0n) is 11.8. The SMILES string of the molecule is CC(=O)N(CCNS(=O)(=O)c1cccs1)c1ccc(Cl)cc1. The lowest BCUT2D eigenvalue weighted by atomic mass is 10.3. The van der Waals surface area contributed by atoms with E-state index in [9.17, 15) is 13.2 Å². The number of nitrogens with zero attached hydrogens (tertiary/aromatic N) is 1. The van der Waals surface area contributed by atoms with Crippen molar-refractivity contribution in [2.75, 3.05) is 18.0 Å². The lowest BCUT2D eigenvalue weighted by molar-refractivity contribution is -0.116. The molecule has 0 spiro atoms. The molecule has 1 aromatic heterocycles. The van der Waals surface area contributed by atoms with Gasteiger partial charge in [-0.3, -0.25) is 4.79 Å². The van der Waals surface area contributed by atoms with Gasteiger partial charge in [0.1, 0.15) is 4.21 Å².